The molecule has 2 N–H and O–H groups in total. The SMILES string of the molecule is Cn1ccc2c(Oc3ccc(Nc4ncnc5ccn(CCNC(=O)C(C)(C)S(C)(=O)=O)c45)cc3Cl)cccc21. The van der Waals surface area contributed by atoms with E-state index in [2.05, 4.69) is 20.6 Å². The van der Waals surface area contributed by atoms with E-state index in [9.17, 15) is 13.2 Å². The number of carbonyl (C=O) groups is 1. The lowest BCUT2D eigenvalue weighted by molar-refractivity contribution is -0.122. The topological polar surface area (TPSA) is 120 Å². The van der Waals surface area contributed by atoms with Crippen molar-refractivity contribution in [2.75, 3.05) is 18.1 Å². The van der Waals surface area contributed by atoms with Gasteiger partial charge in [0.1, 0.15) is 28.1 Å². The fourth-order valence-corrected chi connectivity index (χ4v) is 4.89. The second-order valence-corrected chi connectivity index (χ2v) is 13.0. The van der Waals surface area contributed by atoms with Crippen molar-refractivity contribution in [3.05, 3.63) is 72.3 Å². The Bertz CT molecular complexity index is 1840. The monoisotopic (exact) mass is 580 g/mol. The highest BCUT2D eigenvalue weighted by molar-refractivity contribution is 7.92. The summed E-state index contributed by atoms with van der Waals surface area (Å²) in [5.74, 6) is 1.23. The minimum Gasteiger partial charge on any atom is -0.455 e. The minimum absolute atomic E-state index is 0.224. The molecule has 0 bridgehead atoms. The Morgan fingerprint density at radius 3 is 2.62 bits per heavy atom. The van der Waals surface area contributed by atoms with Gasteiger partial charge in [0, 0.05) is 49.9 Å². The summed E-state index contributed by atoms with van der Waals surface area (Å²) in [6.07, 6.45) is 6.34. The number of anilines is 2. The molecule has 0 fully saturated rings. The van der Waals surface area contributed by atoms with Gasteiger partial charge in [-0.15, -0.1) is 0 Å². The number of halogens is 1. The van der Waals surface area contributed by atoms with E-state index in [4.69, 9.17) is 16.3 Å². The van der Waals surface area contributed by atoms with Crippen molar-refractivity contribution in [3.63, 3.8) is 0 Å². The molecule has 5 rings (SSSR count). The van der Waals surface area contributed by atoms with Crippen molar-refractivity contribution in [1.29, 1.82) is 0 Å². The number of nitrogens with one attached hydrogen (secondary N) is 2. The zero-order chi connectivity index (χ0) is 28.7. The van der Waals surface area contributed by atoms with Crippen molar-refractivity contribution < 1.29 is 17.9 Å². The number of ether oxygens (including phenoxy) is 1. The van der Waals surface area contributed by atoms with Crippen LogP contribution in [-0.4, -0.2) is 51.0 Å². The molecule has 5 aromatic rings. The maximum Gasteiger partial charge on any atom is 0.240 e. The molecule has 208 valence electrons. The lowest BCUT2D eigenvalue weighted by atomic mass is 10.2. The number of benzene rings is 2. The van der Waals surface area contributed by atoms with Gasteiger partial charge in [-0.2, -0.15) is 0 Å². The van der Waals surface area contributed by atoms with Gasteiger partial charge in [0.15, 0.2) is 15.7 Å². The van der Waals surface area contributed by atoms with E-state index in [1.165, 1.54) is 20.2 Å². The quantitative estimate of drug-likeness (QED) is 0.250. The molecule has 40 heavy (non-hydrogen) atoms. The first kappa shape index (κ1) is 27.5. The van der Waals surface area contributed by atoms with Crippen LogP contribution in [0.2, 0.25) is 5.02 Å². The zero-order valence-corrected chi connectivity index (χ0v) is 24.0. The Morgan fingerprint density at radius 2 is 1.88 bits per heavy atom. The number of amides is 1. The van der Waals surface area contributed by atoms with Crippen molar-refractivity contribution >= 4 is 60.8 Å². The van der Waals surface area contributed by atoms with Crippen LogP contribution in [0, 0.1) is 0 Å². The smallest absolute Gasteiger partial charge is 0.240 e. The fourth-order valence-electron chi connectivity index (χ4n) is 4.26. The molecule has 0 atom stereocenters. The summed E-state index contributed by atoms with van der Waals surface area (Å²) in [5.41, 5.74) is 3.20. The molecule has 2 aromatic carbocycles. The lowest BCUT2D eigenvalue weighted by Crippen LogP contribution is -2.48. The van der Waals surface area contributed by atoms with Gasteiger partial charge in [-0.05, 0) is 56.3 Å². The van der Waals surface area contributed by atoms with Crippen LogP contribution >= 0.6 is 11.6 Å². The van der Waals surface area contributed by atoms with E-state index in [0.717, 1.165) is 22.7 Å². The number of fused-ring (bicyclic) bond motifs is 2. The zero-order valence-electron chi connectivity index (χ0n) is 22.5. The second kappa shape index (κ2) is 10.5. The van der Waals surface area contributed by atoms with Crippen LogP contribution in [0.3, 0.4) is 0 Å². The number of carbonyl (C=O) groups excluding carboxylic acids is 1. The standard InChI is InChI=1S/C28H29ClN6O4S/c1-28(2,40(4,37)38)27(36)30-12-15-35-14-11-21-25(35)26(32-17-31-21)33-18-8-9-24(20(29)16-18)39-23-7-5-6-22-19(23)10-13-34(22)3/h5-11,13-14,16-17H,12,15H2,1-4H3,(H,30,36)(H,31,32,33). The van der Waals surface area contributed by atoms with Gasteiger partial charge >= 0.3 is 0 Å². The van der Waals surface area contributed by atoms with E-state index in [0.29, 0.717) is 40.1 Å². The van der Waals surface area contributed by atoms with Crippen molar-refractivity contribution in [2.45, 2.75) is 25.1 Å². The molecule has 0 aliphatic carbocycles. The molecule has 0 saturated heterocycles. The van der Waals surface area contributed by atoms with Crippen LogP contribution in [0.1, 0.15) is 13.8 Å². The highest BCUT2D eigenvalue weighted by Crippen LogP contribution is 2.36. The Balaban J connectivity index is 1.33. The van der Waals surface area contributed by atoms with Gasteiger partial charge in [-0.3, -0.25) is 4.79 Å². The van der Waals surface area contributed by atoms with Crippen LogP contribution < -0.4 is 15.4 Å². The van der Waals surface area contributed by atoms with Gasteiger partial charge in [0.2, 0.25) is 5.91 Å². The number of aromatic nitrogens is 4. The summed E-state index contributed by atoms with van der Waals surface area (Å²) >= 11 is 6.61. The molecule has 12 heteroatoms. The Hall–Kier alpha value is -4.09. The summed E-state index contributed by atoms with van der Waals surface area (Å²) in [7, 11) is -1.58. The van der Waals surface area contributed by atoms with E-state index < -0.39 is 20.5 Å². The summed E-state index contributed by atoms with van der Waals surface area (Å²) in [6, 6.07) is 15.1. The molecular formula is C28H29ClN6O4S. The maximum atomic E-state index is 12.5. The van der Waals surface area contributed by atoms with Gasteiger partial charge in [0.05, 0.1) is 16.1 Å². The Morgan fingerprint density at radius 1 is 1.07 bits per heavy atom. The number of aryl methyl sites for hydroxylation is 1. The Labute approximate surface area is 236 Å². The number of nitrogens with zero attached hydrogens (tertiary/aromatic N) is 4. The van der Waals surface area contributed by atoms with Crippen LogP contribution in [-0.2, 0) is 28.2 Å². The third-order valence-corrected chi connectivity index (χ3v) is 9.30. The predicted molar refractivity (Wildman–Crippen MR) is 157 cm³/mol. The summed E-state index contributed by atoms with van der Waals surface area (Å²) in [6.45, 7) is 3.39. The molecule has 3 heterocycles. The molecule has 0 radical (unpaired) electrons. The maximum absolute atomic E-state index is 12.5. The van der Waals surface area contributed by atoms with E-state index >= 15 is 0 Å². The number of rotatable bonds is 9. The third-order valence-electron chi connectivity index (χ3n) is 6.96. The van der Waals surface area contributed by atoms with Gasteiger partial charge in [-0.25, -0.2) is 18.4 Å². The number of hydrogen-bond acceptors (Lipinski definition) is 7. The van der Waals surface area contributed by atoms with Crippen LogP contribution in [0.25, 0.3) is 21.9 Å². The molecule has 0 unspecified atom stereocenters. The summed E-state index contributed by atoms with van der Waals surface area (Å²) < 4.78 is 32.5. The van der Waals surface area contributed by atoms with Crippen LogP contribution in [0.4, 0.5) is 11.5 Å². The first-order valence-electron chi connectivity index (χ1n) is 12.5. The van der Waals surface area contributed by atoms with Crippen molar-refractivity contribution in [3.8, 4) is 11.5 Å². The Kier molecular flexibility index (Phi) is 7.19. The predicted octanol–water partition coefficient (Wildman–Crippen LogP) is 5.05. The molecule has 10 nitrogen and oxygen atoms in total. The highest BCUT2D eigenvalue weighted by Gasteiger charge is 2.38. The lowest BCUT2D eigenvalue weighted by Gasteiger charge is -2.21. The largest absolute Gasteiger partial charge is 0.455 e. The van der Waals surface area contributed by atoms with Gasteiger partial charge in [-0.1, -0.05) is 17.7 Å². The van der Waals surface area contributed by atoms with Crippen LogP contribution in [0.5, 0.6) is 11.5 Å². The average molecular weight is 581 g/mol. The fraction of sp³-hybridized carbons (Fsp3) is 0.250. The first-order chi connectivity index (χ1) is 19.0. The molecular weight excluding hydrogens is 552 g/mol. The van der Waals surface area contributed by atoms with Crippen molar-refractivity contribution in [1.82, 2.24) is 24.4 Å². The molecule has 1 amide bonds. The molecule has 0 saturated carbocycles. The normalized spacial score (nSPS) is 12.1. The molecule has 0 aliphatic heterocycles. The minimum atomic E-state index is -3.56. The third kappa shape index (κ3) is 5.22. The number of sulfone groups is 1. The molecule has 3 aromatic heterocycles. The summed E-state index contributed by atoms with van der Waals surface area (Å²) in [4.78, 5) is 21.2. The average Bonchev–Trinajstić information content (AvgIpc) is 3.49. The summed E-state index contributed by atoms with van der Waals surface area (Å²) in [5, 5.41) is 7.43. The van der Waals surface area contributed by atoms with Gasteiger partial charge in [0.25, 0.3) is 0 Å². The number of hydrogen-bond donors (Lipinski definition) is 2. The first-order valence-corrected chi connectivity index (χ1v) is 14.8. The van der Waals surface area contributed by atoms with Crippen LogP contribution in [0.15, 0.2) is 67.3 Å². The van der Waals surface area contributed by atoms with E-state index in [-0.39, 0.29) is 6.54 Å². The van der Waals surface area contributed by atoms with Gasteiger partial charge < -0.3 is 24.5 Å². The second-order valence-electron chi connectivity index (χ2n) is 9.99. The molecule has 0 spiro atoms. The van der Waals surface area contributed by atoms with Crippen molar-refractivity contribution in [2.24, 2.45) is 7.05 Å². The highest BCUT2D eigenvalue weighted by atomic mass is 35.5. The van der Waals surface area contributed by atoms with E-state index in [1.807, 2.05) is 65.0 Å². The molecule has 0 aliphatic rings. The van der Waals surface area contributed by atoms with E-state index in [1.54, 1.807) is 12.1 Å².